The summed E-state index contributed by atoms with van der Waals surface area (Å²) >= 11 is 8.92. The van der Waals surface area contributed by atoms with Gasteiger partial charge in [0.05, 0.1) is 16.1 Å². The SMILES string of the molecule is COc1c(Br)cc(CNCCSc2ccccc2)cc1Br. The summed E-state index contributed by atoms with van der Waals surface area (Å²) in [7, 11) is 1.67. The fourth-order valence-corrected chi connectivity index (χ4v) is 4.34. The molecule has 5 heteroatoms. The highest BCUT2D eigenvalue weighted by Gasteiger charge is 2.07. The largest absolute Gasteiger partial charge is 0.494 e. The first kappa shape index (κ1) is 16.9. The number of hydrogen-bond acceptors (Lipinski definition) is 3. The molecule has 0 heterocycles. The van der Waals surface area contributed by atoms with Crippen molar-refractivity contribution in [3.63, 3.8) is 0 Å². The second kappa shape index (κ2) is 8.83. The van der Waals surface area contributed by atoms with Crippen LogP contribution in [0.1, 0.15) is 5.56 Å². The summed E-state index contributed by atoms with van der Waals surface area (Å²) < 4.78 is 7.24. The van der Waals surface area contributed by atoms with Crippen LogP contribution in [0.15, 0.2) is 56.3 Å². The summed E-state index contributed by atoms with van der Waals surface area (Å²) in [6.07, 6.45) is 0. The van der Waals surface area contributed by atoms with Gasteiger partial charge in [0, 0.05) is 23.7 Å². The predicted molar refractivity (Wildman–Crippen MR) is 97.3 cm³/mol. The summed E-state index contributed by atoms with van der Waals surface area (Å²) in [5.41, 5.74) is 1.22. The van der Waals surface area contributed by atoms with E-state index in [4.69, 9.17) is 4.74 Å². The van der Waals surface area contributed by atoms with E-state index in [1.165, 1.54) is 10.5 Å². The smallest absolute Gasteiger partial charge is 0.147 e. The Morgan fingerprint density at radius 3 is 2.38 bits per heavy atom. The molecule has 0 aromatic heterocycles. The van der Waals surface area contributed by atoms with Crippen LogP contribution in [0.2, 0.25) is 0 Å². The maximum Gasteiger partial charge on any atom is 0.147 e. The van der Waals surface area contributed by atoms with Crippen LogP contribution >= 0.6 is 43.6 Å². The predicted octanol–water partition coefficient (Wildman–Crippen LogP) is 5.10. The molecule has 0 saturated carbocycles. The minimum Gasteiger partial charge on any atom is -0.494 e. The maximum absolute atomic E-state index is 5.31. The lowest BCUT2D eigenvalue weighted by atomic mass is 10.2. The van der Waals surface area contributed by atoms with Gasteiger partial charge < -0.3 is 10.1 Å². The third-order valence-corrected chi connectivity index (χ3v) is 5.07. The molecule has 2 rings (SSSR count). The molecule has 2 aromatic rings. The maximum atomic E-state index is 5.31. The number of ether oxygens (including phenoxy) is 1. The molecule has 1 N–H and O–H groups in total. The summed E-state index contributed by atoms with van der Waals surface area (Å²) in [4.78, 5) is 1.31. The van der Waals surface area contributed by atoms with Gasteiger partial charge in [0.25, 0.3) is 0 Å². The van der Waals surface area contributed by atoms with Crippen molar-refractivity contribution in [2.24, 2.45) is 0 Å². The van der Waals surface area contributed by atoms with Crippen molar-refractivity contribution >= 4 is 43.6 Å². The number of thioether (sulfide) groups is 1. The first-order chi connectivity index (χ1) is 10.2. The quantitative estimate of drug-likeness (QED) is 0.487. The lowest BCUT2D eigenvalue weighted by molar-refractivity contribution is 0.409. The lowest BCUT2D eigenvalue weighted by Gasteiger charge is -2.10. The zero-order valence-electron chi connectivity index (χ0n) is 11.7. The molecule has 2 nitrogen and oxygen atoms in total. The molecule has 0 aliphatic rings. The van der Waals surface area contributed by atoms with Crippen molar-refractivity contribution in [1.29, 1.82) is 0 Å². The Labute approximate surface area is 146 Å². The molecular formula is C16H17Br2NOS. The van der Waals surface area contributed by atoms with E-state index in [0.717, 1.165) is 33.5 Å². The first-order valence-electron chi connectivity index (χ1n) is 6.61. The highest BCUT2D eigenvalue weighted by atomic mass is 79.9. The number of benzene rings is 2. The van der Waals surface area contributed by atoms with E-state index in [0.29, 0.717) is 0 Å². The average Bonchev–Trinajstić information content (AvgIpc) is 2.48. The van der Waals surface area contributed by atoms with Gasteiger partial charge in [0.15, 0.2) is 0 Å². The summed E-state index contributed by atoms with van der Waals surface area (Å²) in [6.45, 7) is 1.82. The van der Waals surface area contributed by atoms with Gasteiger partial charge in [0.1, 0.15) is 5.75 Å². The fraction of sp³-hybridized carbons (Fsp3) is 0.250. The normalized spacial score (nSPS) is 10.6. The van der Waals surface area contributed by atoms with Gasteiger partial charge in [-0.15, -0.1) is 11.8 Å². The van der Waals surface area contributed by atoms with Crippen molar-refractivity contribution in [1.82, 2.24) is 5.32 Å². The molecule has 2 aromatic carbocycles. The van der Waals surface area contributed by atoms with Crippen LogP contribution in [0.25, 0.3) is 0 Å². The molecule has 0 aliphatic heterocycles. The van der Waals surface area contributed by atoms with Crippen molar-refractivity contribution in [2.45, 2.75) is 11.4 Å². The van der Waals surface area contributed by atoms with E-state index in [2.05, 4.69) is 73.6 Å². The van der Waals surface area contributed by atoms with Crippen LogP contribution in [-0.4, -0.2) is 19.4 Å². The van der Waals surface area contributed by atoms with Crippen LogP contribution in [0.5, 0.6) is 5.75 Å². The van der Waals surface area contributed by atoms with Gasteiger partial charge in [-0.3, -0.25) is 0 Å². The second-order valence-electron chi connectivity index (χ2n) is 4.43. The third-order valence-electron chi connectivity index (χ3n) is 2.88. The van der Waals surface area contributed by atoms with Crippen molar-refractivity contribution < 1.29 is 4.74 Å². The van der Waals surface area contributed by atoms with E-state index in [-0.39, 0.29) is 0 Å². The first-order valence-corrected chi connectivity index (χ1v) is 9.18. The Balaban J connectivity index is 1.76. The Kier molecular flexibility index (Phi) is 7.10. The minimum absolute atomic E-state index is 0.832. The molecule has 0 fully saturated rings. The van der Waals surface area contributed by atoms with Gasteiger partial charge in [-0.1, -0.05) is 18.2 Å². The summed E-state index contributed by atoms with van der Waals surface area (Å²) in [5.74, 6) is 1.89. The molecular weight excluding hydrogens is 414 g/mol. The Morgan fingerprint density at radius 2 is 1.76 bits per heavy atom. The van der Waals surface area contributed by atoms with Crippen LogP contribution in [0.4, 0.5) is 0 Å². The van der Waals surface area contributed by atoms with E-state index >= 15 is 0 Å². The number of rotatable bonds is 7. The van der Waals surface area contributed by atoms with Crippen LogP contribution in [-0.2, 0) is 6.54 Å². The fourth-order valence-electron chi connectivity index (χ4n) is 1.90. The molecule has 0 amide bonds. The molecule has 0 aliphatic carbocycles. The topological polar surface area (TPSA) is 21.3 Å². The van der Waals surface area contributed by atoms with Gasteiger partial charge in [-0.25, -0.2) is 0 Å². The van der Waals surface area contributed by atoms with Gasteiger partial charge >= 0.3 is 0 Å². The molecule has 21 heavy (non-hydrogen) atoms. The minimum atomic E-state index is 0.832. The number of hydrogen-bond donors (Lipinski definition) is 1. The highest BCUT2D eigenvalue weighted by molar-refractivity contribution is 9.11. The van der Waals surface area contributed by atoms with Crippen molar-refractivity contribution in [3.8, 4) is 5.75 Å². The van der Waals surface area contributed by atoms with Crippen LogP contribution < -0.4 is 10.1 Å². The Hall–Kier alpha value is -0.490. The number of halogens is 2. The van der Waals surface area contributed by atoms with Gasteiger partial charge in [-0.05, 0) is 61.7 Å². The van der Waals surface area contributed by atoms with Gasteiger partial charge in [-0.2, -0.15) is 0 Å². The summed E-state index contributed by atoms with van der Waals surface area (Å²) in [5, 5.41) is 3.46. The van der Waals surface area contributed by atoms with E-state index < -0.39 is 0 Å². The monoisotopic (exact) mass is 429 g/mol. The standard InChI is InChI=1S/C16H17Br2NOS/c1-20-16-14(17)9-12(10-15(16)18)11-19-7-8-21-13-5-3-2-4-6-13/h2-6,9-10,19H,7-8,11H2,1H3. The van der Waals surface area contributed by atoms with Crippen LogP contribution in [0.3, 0.4) is 0 Å². The highest BCUT2D eigenvalue weighted by Crippen LogP contribution is 2.34. The summed E-state index contributed by atoms with van der Waals surface area (Å²) in [6, 6.07) is 14.6. The molecule has 0 radical (unpaired) electrons. The van der Waals surface area contributed by atoms with E-state index in [9.17, 15) is 0 Å². The second-order valence-corrected chi connectivity index (χ2v) is 7.31. The molecule has 0 unspecified atom stereocenters. The van der Waals surface area contributed by atoms with Crippen molar-refractivity contribution in [3.05, 3.63) is 57.0 Å². The zero-order valence-corrected chi connectivity index (χ0v) is 15.7. The molecule has 0 spiro atoms. The van der Waals surface area contributed by atoms with Gasteiger partial charge in [0.2, 0.25) is 0 Å². The van der Waals surface area contributed by atoms with Crippen LogP contribution in [0, 0.1) is 0 Å². The third kappa shape index (κ3) is 5.33. The average molecular weight is 431 g/mol. The molecule has 0 saturated heterocycles. The zero-order chi connectivity index (χ0) is 15.1. The Morgan fingerprint density at radius 1 is 1.10 bits per heavy atom. The Bertz CT molecular complexity index is 555. The number of nitrogens with one attached hydrogen (secondary N) is 1. The molecule has 0 bridgehead atoms. The van der Waals surface area contributed by atoms with E-state index in [1.807, 2.05) is 17.8 Å². The molecule has 0 atom stereocenters. The number of methoxy groups -OCH3 is 1. The molecule has 112 valence electrons. The lowest BCUT2D eigenvalue weighted by Crippen LogP contribution is -2.16. The van der Waals surface area contributed by atoms with Crippen molar-refractivity contribution in [2.75, 3.05) is 19.4 Å². The van der Waals surface area contributed by atoms with E-state index in [1.54, 1.807) is 7.11 Å².